The summed E-state index contributed by atoms with van der Waals surface area (Å²) in [5.41, 5.74) is 2.64. The van der Waals surface area contributed by atoms with Crippen LogP contribution in [-0.2, 0) is 13.0 Å². The average Bonchev–Trinajstić information content (AvgIpc) is 2.54. The second-order valence-electron chi connectivity index (χ2n) is 5.03. The molecule has 3 heteroatoms. The van der Waals surface area contributed by atoms with Gasteiger partial charge in [-0.2, -0.15) is 0 Å². The number of ether oxygens (including phenoxy) is 1. The van der Waals surface area contributed by atoms with Crippen LogP contribution in [0.3, 0.4) is 0 Å². The molecule has 0 aromatic heterocycles. The van der Waals surface area contributed by atoms with E-state index in [4.69, 9.17) is 4.74 Å². The van der Waals surface area contributed by atoms with E-state index in [1.807, 2.05) is 36.4 Å². The molecule has 0 aliphatic heterocycles. The fourth-order valence-electron chi connectivity index (χ4n) is 2.22. The lowest BCUT2D eigenvalue weighted by atomic mass is 10.1. The number of nitrogens with one attached hydrogen (secondary N) is 1. The quantitative estimate of drug-likeness (QED) is 0.783. The van der Waals surface area contributed by atoms with Gasteiger partial charge in [0.25, 0.3) is 0 Å². The Labute approximate surface area is 126 Å². The lowest BCUT2D eigenvalue weighted by Gasteiger charge is -2.14. The smallest absolute Gasteiger partial charge is 0.119 e. The summed E-state index contributed by atoms with van der Waals surface area (Å²) in [5.74, 6) is 0.785. The Morgan fingerprint density at radius 2 is 1.67 bits per heavy atom. The molecule has 0 radical (unpaired) electrons. The van der Waals surface area contributed by atoms with Gasteiger partial charge in [0.05, 0.1) is 0 Å². The molecule has 0 saturated carbocycles. The number of aliphatic hydroxyl groups excluding tert-OH is 1. The zero-order valence-electron chi connectivity index (χ0n) is 12.5. The summed E-state index contributed by atoms with van der Waals surface area (Å²) >= 11 is 0. The second-order valence-corrected chi connectivity index (χ2v) is 5.03. The van der Waals surface area contributed by atoms with Gasteiger partial charge in [-0.3, -0.25) is 0 Å². The highest BCUT2D eigenvalue weighted by atomic mass is 16.5. The Bertz CT molecular complexity index is 528. The number of aliphatic hydroxyl groups is 1. The fraction of sp³-hybridized carbons (Fsp3) is 0.333. The highest BCUT2D eigenvalue weighted by molar-refractivity contribution is 5.26. The SMILES string of the molecule is CCc1ccccc1CNCC(O)COc1ccccc1. The maximum Gasteiger partial charge on any atom is 0.119 e. The van der Waals surface area contributed by atoms with Crippen molar-refractivity contribution in [3.05, 3.63) is 65.7 Å². The maximum atomic E-state index is 9.93. The average molecular weight is 285 g/mol. The van der Waals surface area contributed by atoms with Crippen molar-refractivity contribution in [3.63, 3.8) is 0 Å². The van der Waals surface area contributed by atoms with Gasteiger partial charge in [-0.15, -0.1) is 0 Å². The molecule has 2 N–H and O–H groups in total. The van der Waals surface area contributed by atoms with E-state index in [1.165, 1.54) is 11.1 Å². The van der Waals surface area contributed by atoms with Crippen molar-refractivity contribution < 1.29 is 9.84 Å². The third kappa shape index (κ3) is 5.21. The molecule has 0 heterocycles. The van der Waals surface area contributed by atoms with Crippen LogP contribution in [-0.4, -0.2) is 24.4 Å². The Balaban J connectivity index is 1.70. The van der Waals surface area contributed by atoms with Crippen LogP contribution in [0.5, 0.6) is 5.75 Å². The van der Waals surface area contributed by atoms with Crippen LogP contribution in [0.25, 0.3) is 0 Å². The molecule has 0 aliphatic carbocycles. The first-order valence-corrected chi connectivity index (χ1v) is 7.43. The topological polar surface area (TPSA) is 41.5 Å². The van der Waals surface area contributed by atoms with E-state index in [1.54, 1.807) is 0 Å². The number of hydrogen-bond donors (Lipinski definition) is 2. The van der Waals surface area contributed by atoms with E-state index in [2.05, 4.69) is 30.4 Å². The zero-order chi connectivity index (χ0) is 14.9. The Morgan fingerprint density at radius 1 is 1.00 bits per heavy atom. The minimum atomic E-state index is -0.515. The van der Waals surface area contributed by atoms with Crippen LogP contribution in [0.15, 0.2) is 54.6 Å². The molecule has 0 amide bonds. The van der Waals surface area contributed by atoms with E-state index in [0.29, 0.717) is 13.2 Å². The van der Waals surface area contributed by atoms with Gasteiger partial charge < -0.3 is 15.2 Å². The molecular weight excluding hydrogens is 262 g/mol. The predicted octanol–water partition coefficient (Wildman–Crippen LogP) is 2.78. The Hall–Kier alpha value is -1.84. The van der Waals surface area contributed by atoms with Gasteiger partial charge in [-0.05, 0) is 29.7 Å². The van der Waals surface area contributed by atoms with E-state index >= 15 is 0 Å². The number of benzene rings is 2. The fourth-order valence-corrected chi connectivity index (χ4v) is 2.22. The summed E-state index contributed by atoms with van der Waals surface area (Å²) in [6, 6.07) is 17.9. The number of hydrogen-bond acceptors (Lipinski definition) is 3. The van der Waals surface area contributed by atoms with Crippen molar-refractivity contribution in [2.75, 3.05) is 13.2 Å². The van der Waals surface area contributed by atoms with Crippen molar-refractivity contribution in [1.82, 2.24) is 5.32 Å². The summed E-state index contributed by atoms with van der Waals surface area (Å²) < 4.78 is 5.53. The van der Waals surface area contributed by atoms with Crippen LogP contribution < -0.4 is 10.1 Å². The second kappa shape index (κ2) is 8.45. The molecule has 0 fully saturated rings. The number of rotatable bonds is 8. The molecule has 0 bridgehead atoms. The Morgan fingerprint density at radius 3 is 2.38 bits per heavy atom. The Kier molecular flexibility index (Phi) is 6.25. The molecule has 21 heavy (non-hydrogen) atoms. The summed E-state index contributed by atoms with van der Waals surface area (Å²) in [7, 11) is 0. The summed E-state index contributed by atoms with van der Waals surface area (Å²) in [4.78, 5) is 0. The molecule has 2 rings (SSSR count). The van der Waals surface area contributed by atoms with E-state index in [9.17, 15) is 5.11 Å². The standard InChI is InChI=1S/C18H23NO2/c1-2-15-8-6-7-9-16(15)12-19-13-17(20)14-21-18-10-4-3-5-11-18/h3-11,17,19-20H,2,12-14H2,1H3. The van der Waals surface area contributed by atoms with Gasteiger partial charge in [0.2, 0.25) is 0 Å². The predicted molar refractivity (Wildman–Crippen MR) is 85.5 cm³/mol. The summed E-state index contributed by atoms with van der Waals surface area (Å²) in [6.45, 7) is 3.74. The van der Waals surface area contributed by atoms with Gasteiger partial charge in [-0.25, -0.2) is 0 Å². The lowest BCUT2D eigenvalue weighted by Crippen LogP contribution is -2.31. The number of aryl methyl sites for hydroxylation is 1. The molecule has 0 spiro atoms. The third-order valence-corrected chi connectivity index (χ3v) is 3.38. The molecule has 2 aromatic rings. The maximum absolute atomic E-state index is 9.93. The first-order valence-electron chi connectivity index (χ1n) is 7.43. The first-order chi connectivity index (χ1) is 10.3. The van der Waals surface area contributed by atoms with Gasteiger partial charge >= 0.3 is 0 Å². The summed E-state index contributed by atoms with van der Waals surface area (Å²) in [5, 5.41) is 13.2. The van der Waals surface area contributed by atoms with Gasteiger partial charge in [0.15, 0.2) is 0 Å². The number of para-hydroxylation sites is 1. The molecular formula is C18H23NO2. The largest absolute Gasteiger partial charge is 0.491 e. The van der Waals surface area contributed by atoms with Gasteiger partial charge in [-0.1, -0.05) is 49.4 Å². The molecule has 1 unspecified atom stereocenters. The monoisotopic (exact) mass is 285 g/mol. The minimum Gasteiger partial charge on any atom is -0.491 e. The van der Waals surface area contributed by atoms with E-state index < -0.39 is 6.10 Å². The van der Waals surface area contributed by atoms with Gasteiger partial charge in [0, 0.05) is 13.1 Å². The summed E-state index contributed by atoms with van der Waals surface area (Å²) in [6.07, 6.45) is 0.511. The zero-order valence-corrected chi connectivity index (χ0v) is 12.5. The normalized spacial score (nSPS) is 12.1. The highest BCUT2D eigenvalue weighted by Gasteiger charge is 2.06. The minimum absolute atomic E-state index is 0.298. The molecule has 2 aromatic carbocycles. The van der Waals surface area contributed by atoms with Crippen LogP contribution in [0, 0.1) is 0 Å². The molecule has 0 aliphatic rings. The van der Waals surface area contributed by atoms with Crippen LogP contribution in [0.1, 0.15) is 18.1 Å². The van der Waals surface area contributed by atoms with Crippen molar-refractivity contribution in [2.24, 2.45) is 0 Å². The molecule has 0 saturated heterocycles. The highest BCUT2D eigenvalue weighted by Crippen LogP contribution is 2.10. The van der Waals surface area contributed by atoms with E-state index in [0.717, 1.165) is 18.7 Å². The van der Waals surface area contributed by atoms with Gasteiger partial charge in [0.1, 0.15) is 18.5 Å². The van der Waals surface area contributed by atoms with Crippen molar-refractivity contribution in [2.45, 2.75) is 26.0 Å². The van der Waals surface area contributed by atoms with Crippen LogP contribution in [0.4, 0.5) is 0 Å². The van der Waals surface area contributed by atoms with E-state index in [-0.39, 0.29) is 0 Å². The molecule has 3 nitrogen and oxygen atoms in total. The molecule has 1 atom stereocenters. The van der Waals surface area contributed by atoms with Crippen molar-refractivity contribution in [1.29, 1.82) is 0 Å². The van der Waals surface area contributed by atoms with Crippen molar-refractivity contribution in [3.8, 4) is 5.75 Å². The lowest BCUT2D eigenvalue weighted by molar-refractivity contribution is 0.106. The first kappa shape index (κ1) is 15.5. The molecule has 112 valence electrons. The van der Waals surface area contributed by atoms with Crippen LogP contribution >= 0.6 is 0 Å². The van der Waals surface area contributed by atoms with Crippen molar-refractivity contribution >= 4 is 0 Å². The van der Waals surface area contributed by atoms with Crippen LogP contribution in [0.2, 0.25) is 0 Å². The third-order valence-electron chi connectivity index (χ3n) is 3.38.